The third kappa shape index (κ3) is 2.29. The van der Waals surface area contributed by atoms with Gasteiger partial charge in [-0.2, -0.15) is 0 Å². The fraction of sp³-hybridized carbons (Fsp3) is 0.0769. The molecule has 1 aliphatic rings. The SMILES string of the molecule is O=C1CN(C(=O)c2ccc(Br)s2)c2ccccc2N1. The van der Waals surface area contributed by atoms with Crippen LogP contribution in [-0.2, 0) is 4.79 Å². The summed E-state index contributed by atoms with van der Waals surface area (Å²) in [6.45, 7) is 0.0470. The molecule has 4 nitrogen and oxygen atoms in total. The summed E-state index contributed by atoms with van der Waals surface area (Å²) in [7, 11) is 0. The van der Waals surface area contributed by atoms with Gasteiger partial charge in [0, 0.05) is 0 Å². The summed E-state index contributed by atoms with van der Waals surface area (Å²) in [6, 6.07) is 10.9. The second-order valence-corrected chi connectivity index (χ2v) is 6.52. The molecular weight excluding hydrogens is 328 g/mol. The first-order valence-corrected chi connectivity index (χ1v) is 7.22. The molecule has 1 aliphatic heterocycles. The first kappa shape index (κ1) is 12.4. The molecule has 3 rings (SSSR count). The summed E-state index contributed by atoms with van der Waals surface area (Å²) in [6.07, 6.45) is 0. The summed E-state index contributed by atoms with van der Waals surface area (Å²) in [4.78, 5) is 26.2. The largest absolute Gasteiger partial charge is 0.323 e. The normalized spacial score (nSPS) is 13.9. The summed E-state index contributed by atoms with van der Waals surface area (Å²) >= 11 is 4.70. The molecule has 0 atom stereocenters. The van der Waals surface area contributed by atoms with E-state index in [-0.39, 0.29) is 18.4 Å². The van der Waals surface area contributed by atoms with Crippen LogP contribution in [0.15, 0.2) is 40.2 Å². The Balaban J connectivity index is 2.01. The maximum Gasteiger partial charge on any atom is 0.268 e. The Morgan fingerprint density at radius 3 is 2.79 bits per heavy atom. The zero-order chi connectivity index (χ0) is 13.4. The highest BCUT2D eigenvalue weighted by atomic mass is 79.9. The van der Waals surface area contributed by atoms with E-state index in [9.17, 15) is 9.59 Å². The molecular formula is C13H9BrN2O2S. The van der Waals surface area contributed by atoms with E-state index in [2.05, 4.69) is 21.2 Å². The highest BCUT2D eigenvalue weighted by Crippen LogP contribution is 2.31. The lowest BCUT2D eigenvalue weighted by Crippen LogP contribution is -2.41. The number of thiophene rings is 1. The molecule has 0 saturated carbocycles. The number of carbonyl (C=O) groups excluding carboxylic acids is 2. The van der Waals surface area contributed by atoms with E-state index < -0.39 is 0 Å². The van der Waals surface area contributed by atoms with Crippen LogP contribution in [0.4, 0.5) is 11.4 Å². The number of nitrogens with zero attached hydrogens (tertiary/aromatic N) is 1. The zero-order valence-electron chi connectivity index (χ0n) is 9.72. The van der Waals surface area contributed by atoms with E-state index in [4.69, 9.17) is 0 Å². The number of rotatable bonds is 1. The number of nitrogens with one attached hydrogen (secondary N) is 1. The van der Waals surface area contributed by atoms with Gasteiger partial charge in [-0.15, -0.1) is 11.3 Å². The summed E-state index contributed by atoms with van der Waals surface area (Å²) in [5, 5.41) is 2.76. The first-order chi connectivity index (χ1) is 9.15. The van der Waals surface area contributed by atoms with Gasteiger partial charge in [0.25, 0.3) is 5.91 Å². The monoisotopic (exact) mass is 336 g/mol. The van der Waals surface area contributed by atoms with Crippen molar-refractivity contribution in [3.8, 4) is 0 Å². The van der Waals surface area contributed by atoms with Gasteiger partial charge in [0.1, 0.15) is 6.54 Å². The van der Waals surface area contributed by atoms with Crippen LogP contribution in [0.3, 0.4) is 0 Å². The van der Waals surface area contributed by atoms with E-state index >= 15 is 0 Å². The second kappa shape index (κ2) is 4.79. The Morgan fingerprint density at radius 2 is 2.05 bits per heavy atom. The highest BCUT2D eigenvalue weighted by Gasteiger charge is 2.27. The van der Waals surface area contributed by atoms with E-state index in [1.54, 1.807) is 12.1 Å². The molecule has 1 N–H and O–H groups in total. The summed E-state index contributed by atoms with van der Waals surface area (Å²) in [5.41, 5.74) is 1.40. The molecule has 0 bridgehead atoms. The molecule has 1 aromatic carbocycles. The van der Waals surface area contributed by atoms with Gasteiger partial charge in [-0.3, -0.25) is 14.5 Å². The third-order valence-corrected chi connectivity index (χ3v) is 4.41. The van der Waals surface area contributed by atoms with Crippen molar-refractivity contribution in [1.82, 2.24) is 0 Å². The van der Waals surface area contributed by atoms with Crippen LogP contribution in [0.25, 0.3) is 0 Å². The van der Waals surface area contributed by atoms with Gasteiger partial charge in [-0.1, -0.05) is 12.1 Å². The first-order valence-electron chi connectivity index (χ1n) is 5.61. The van der Waals surface area contributed by atoms with Crippen molar-refractivity contribution in [3.63, 3.8) is 0 Å². The Kier molecular flexibility index (Phi) is 3.12. The molecule has 0 aliphatic carbocycles. The van der Waals surface area contributed by atoms with Crippen molar-refractivity contribution in [2.75, 3.05) is 16.8 Å². The average Bonchev–Trinajstić information content (AvgIpc) is 2.83. The number of amides is 2. The van der Waals surface area contributed by atoms with Crippen LogP contribution in [0.2, 0.25) is 0 Å². The topological polar surface area (TPSA) is 49.4 Å². The number of fused-ring (bicyclic) bond motifs is 1. The molecule has 96 valence electrons. The summed E-state index contributed by atoms with van der Waals surface area (Å²) in [5.74, 6) is -0.333. The number of anilines is 2. The quantitative estimate of drug-likeness (QED) is 0.869. The van der Waals surface area contributed by atoms with Crippen molar-refractivity contribution >= 4 is 50.5 Å². The molecule has 0 saturated heterocycles. The van der Waals surface area contributed by atoms with Crippen molar-refractivity contribution < 1.29 is 9.59 Å². The van der Waals surface area contributed by atoms with Gasteiger partial charge >= 0.3 is 0 Å². The van der Waals surface area contributed by atoms with Crippen LogP contribution >= 0.6 is 27.3 Å². The predicted octanol–water partition coefficient (Wildman–Crippen LogP) is 3.11. The molecule has 19 heavy (non-hydrogen) atoms. The Hall–Kier alpha value is -1.66. The van der Waals surface area contributed by atoms with Gasteiger partial charge in [0.2, 0.25) is 5.91 Å². The lowest BCUT2D eigenvalue weighted by Gasteiger charge is -2.28. The fourth-order valence-electron chi connectivity index (χ4n) is 1.98. The van der Waals surface area contributed by atoms with Gasteiger partial charge in [0.05, 0.1) is 20.0 Å². The summed E-state index contributed by atoms with van der Waals surface area (Å²) < 4.78 is 0.894. The number of benzene rings is 1. The van der Waals surface area contributed by atoms with Crippen LogP contribution < -0.4 is 10.2 Å². The van der Waals surface area contributed by atoms with Crippen molar-refractivity contribution in [2.24, 2.45) is 0 Å². The number of para-hydroxylation sites is 2. The lowest BCUT2D eigenvalue weighted by atomic mass is 10.2. The Labute approximate surface area is 122 Å². The van der Waals surface area contributed by atoms with Gasteiger partial charge in [0.15, 0.2) is 0 Å². The second-order valence-electron chi connectivity index (χ2n) is 4.06. The minimum absolute atomic E-state index is 0.0470. The predicted molar refractivity (Wildman–Crippen MR) is 78.8 cm³/mol. The average molecular weight is 337 g/mol. The van der Waals surface area contributed by atoms with Crippen molar-refractivity contribution in [1.29, 1.82) is 0 Å². The third-order valence-electron chi connectivity index (χ3n) is 2.80. The number of hydrogen-bond acceptors (Lipinski definition) is 3. The number of carbonyl (C=O) groups is 2. The minimum Gasteiger partial charge on any atom is -0.323 e. The van der Waals surface area contributed by atoms with Gasteiger partial charge in [-0.25, -0.2) is 0 Å². The lowest BCUT2D eigenvalue weighted by molar-refractivity contribution is -0.115. The van der Waals surface area contributed by atoms with Crippen molar-refractivity contribution in [2.45, 2.75) is 0 Å². The smallest absolute Gasteiger partial charge is 0.268 e. The molecule has 2 heterocycles. The van der Waals surface area contributed by atoms with E-state index in [1.807, 2.05) is 24.3 Å². The Morgan fingerprint density at radius 1 is 1.26 bits per heavy atom. The van der Waals surface area contributed by atoms with E-state index in [0.29, 0.717) is 10.6 Å². The van der Waals surface area contributed by atoms with Crippen LogP contribution in [0, 0.1) is 0 Å². The zero-order valence-corrected chi connectivity index (χ0v) is 12.1. The standard InChI is InChI=1S/C13H9BrN2O2S/c14-11-6-5-10(19-11)13(18)16-7-12(17)15-8-3-1-2-4-9(8)16/h1-6H,7H2,(H,15,17). The molecule has 1 aromatic heterocycles. The maximum atomic E-state index is 12.5. The Bertz CT molecular complexity index is 668. The van der Waals surface area contributed by atoms with Crippen LogP contribution in [0.5, 0.6) is 0 Å². The van der Waals surface area contributed by atoms with Gasteiger partial charge < -0.3 is 5.32 Å². The maximum absolute atomic E-state index is 12.5. The van der Waals surface area contributed by atoms with Crippen LogP contribution in [-0.4, -0.2) is 18.4 Å². The molecule has 0 radical (unpaired) electrons. The highest BCUT2D eigenvalue weighted by molar-refractivity contribution is 9.11. The van der Waals surface area contributed by atoms with Crippen LogP contribution in [0.1, 0.15) is 9.67 Å². The van der Waals surface area contributed by atoms with Gasteiger partial charge in [-0.05, 0) is 40.2 Å². The number of halogens is 1. The molecule has 6 heteroatoms. The fourth-order valence-corrected chi connectivity index (χ4v) is 3.31. The molecule has 2 amide bonds. The molecule has 0 unspecified atom stereocenters. The molecule has 2 aromatic rings. The molecule has 0 fully saturated rings. The van der Waals surface area contributed by atoms with E-state index in [0.717, 1.165) is 9.47 Å². The number of hydrogen-bond donors (Lipinski definition) is 1. The van der Waals surface area contributed by atoms with E-state index in [1.165, 1.54) is 16.2 Å². The van der Waals surface area contributed by atoms with Crippen molar-refractivity contribution in [3.05, 3.63) is 45.1 Å². The molecule has 0 spiro atoms. The minimum atomic E-state index is -0.178.